The number of nitroso groups, excluding NO2 is 1. The molecule has 0 radical (unpaired) electrons. The standard InChI is InChI=1S/C20H22N2O3/c1-25-18-9-5-8-17(14-18)20(19(23)21-24)10-12-22(13-11-20)15-16-6-3-2-4-7-16/h2-9,14H,10-13,15H2,1H3. The lowest BCUT2D eigenvalue weighted by molar-refractivity contribution is -0.125. The third-order valence-corrected chi connectivity index (χ3v) is 5.07. The Kier molecular flexibility index (Phi) is 5.24. The van der Waals surface area contributed by atoms with E-state index in [1.807, 2.05) is 42.5 Å². The number of nitrogens with zero attached hydrogens (tertiary/aromatic N) is 2. The SMILES string of the molecule is COc1cccc(C2(C(=O)N=O)CCN(Cc3ccccc3)CC2)c1. The van der Waals surface area contributed by atoms with Crippen LogP contribution in [0.4, 0.5) is 0 Å². The monoisotopic (exact) mass is 338 g/mol. The van der Waals surface area contributed by atoms with Crippen LogP contribution in [0.3, 0.4) is 0 Å². The third-order valence-electron chi connectivity index (χ3n) is 5.07. The lowest BCUT2D eigenvalue weighted by Gasteiger charge is -2.39. The zero-order valence-electron chi connectivity index (χ0n) is 14.4. The first kappa shape index (κ1) is 17.3. The number of methoxy groups -OCH3 is 1. The largest absolute Gasteiger partial charge is 0.497 e. The molecule has 1 amide bonds. The molecule has 0 saturated carbocycles. The average Bonchev–Trinajstić information content (AvgIpc) is 2.69. The molecule has 0 spiro atoms. The molecule has 130 valence electrons. The maximum Gasteiger partial charge on any atom is 0.296 e. The van der Waals surface area contributed by atoms with Gasteiger partial charge < -0.3 is 4.74 Å². The van der Waals surface area contributed by atoms with Gasteiger partial charge in [-0.2, -0.15) is 0 Å². The number of ether oxygens (including phenoxy) is 1. The van der Waals surface area contributed by atoms with Gasteiger partial charge in [0.25, 0.3) is 5.91 Å². The van der Waals surface area contributed by atoms with Crippen LogP contribution in [-0.4, -0.2) is 31.0 Å². The summed E-state index contributed by atoms with van der Waals surface area (Å²) in [6.07, 6.45) is 1.16. The normalized spacial score (nSPS) is 17.0. The molecule has 2 aromatic carbocycles. The van der Waals surface area contributed by atoms with Gasteiger partial charge in [-0.3, -0.25) is 9.69 Å². The molecule has 1 aliphatic heterocycles. The predicted molar refractivity (Wildman–Crippen MR) is 96.4 cm³/mol. The second-order valence-corrected chi connectivity index (χ2v) is 6.47. The van der Waals surface area contributed by atoms with Gasteiger partial charge in [-0.05, 0) is 49.2 Å². The minimum atomic E-state index is -0.844. The van der Waals surface area contributed by atoms with Crippen LogP contribution in [0.2, 0.25) is 0 Å². The Morgan fingerprint density at radius 1 is 1.12 bits per heavy atom. The van der Waals surface area contributed by atoms with Crippen molar-refractivity contribution in [2.75, 3.05) is 20.2 Å². The summed E-state index contributed by atoms with van der Waals surface area (Å²) in [5.74, 6) is 0.0994. The fourth-order valence-corrected chi connectivity index (χ4v) is 3.57. The van der Waals surface area contributed by atoms with E-state index in [4.69, 9.17) is 4.74 Å². The summed E-state index contributed by atoms with van der Waals surface area (Å²) in [6.45, 7) is 2.33. The molecule has 0 atom stereocenters. The Balaban J connectivity index is 1.80. The molecule has 1 aliphatic rings. The molecule has 1 saturated heterocycles. The third kappa shape index (κ3) is 3.61. The van der Waals surface area contributed by atoms with E-state index in [0.717, 1.165) is 25.2 Å². The first-order valence-electron chi connectivity index (χ1n) is 8.46. The smallest absolute Gasteiger partial charge is 0.296 e. The molecule has 0 aliphatic carbocycles. The highest BCUT2D eigenvalue weighted by molar-refractivity contribution is 5.89. The summed E-state index contributed by atoms with van der Waals surface area (Å²) in [7, 11) is 1.59. The predicted octanol–water partition coefficient (Wildman–Crippen LogP) is 3.52. The van der Waals surface area contributed by atoms with Gasteiger partial charge in [-0.1, -0.05) is 42.5 Å². The van der Waals surface area contributed by atoms with Gasteiger partial charge in [-0.15, -0.1) is 4.91 Å². The van der Waals surface area contributed by atoms with Crippen molar-refractivity contribution in [2.45, 2.75) is 24.8 Å². The van der Waals surface area contributed by atoms with E-state index in [1.165, 1.54) is 5.56 Å². The van der Waals surface area contributed by atoms with Gasteiger partial charge in [0.15, 0.2) is 0 Å². The zero-order chi connectivity index (χ0) is 17.7. The Hall–Kier alpha value is -2.53. The summed E-state index contributed by atoms with van der Waals surface area (Å²) in [5.41, 5.74) is 1.22. The van der Waals surface area contributed by atoms with E-state index in [-0.39, 0.29) is 0 Å². The van der Waals surface area contributed by atoms with Gasteiger partial charge in [0, 0.05) is 11.7 Å². The van der Waals surface area contributed by atoms with E-state index < -0.39 is 11.3 Å². The van der Waals surface area contributed by atoms with Crippen molar-refractivity contribution in [3.8, 4) is 5.75 Å². The number of carbonyl (C=O) groups is 1. The summed E-state index contributed by atoms with van der Waals surface area (Å²) in [6, 6.07) is 17.7. The molecular weight excluding hydrogens is 316 g/mol. The molecule has 0 N–H and O–H groups in total. The van der Waals surface area contributed by atoms with Crippen molar-refractivity contribution >= 4 is 5.91 Å². The molecule has 0 unspecified atom stereocenters. The Morgan fingerprint density at radius 2 is 1.84 bits per heavy atom. The van der Waals surface area contributed by atoms with E-state index in [1.54, 1.807) is 7.11 Å². The summed E-state index contributed by atoms with van der Waals surface area (Å²) in [4.78, 5) is 25.8. The van der Waals surface area contributed by atoms with Crippen LogP contribution < -0.4 is 4.74 Å². The number of hydrogen-bond donors (Lipinski definition) is 0. The second kappa shape index (κ2) is 7.57. The fourth-order valence-electron chi connectivity index (χ4n) is 3.57. The number of rotatable bonds is 5. The number of carbonyl (C=O) groups excluding carboxylic acids is 1. The lowest BCUT2D eigenvalue weighted by Crippen LogP contribution is -2.46. The van der Waals surface area contributed by atoms with Crippen LogP contribution in [0.25, 0.3) is 0 Å². The molecule has 2 aromatic rings. The molecule has 5 heteroatoms. The van der Waals surface area contributed by atoms with Crippen molar-refractivity contribution in [3.63, 3.8) is 0 Å². The van der Waals surface area contributed by atoms with Crippen LogP contribution in [0.15, 0.2) is 59.8 Å². The molecule has 1 fully saturated rings. The molecule has 5 nitrogen and oxygen atoms in total. The highest BCUT2D eigenvalue weighted by Crippen LogP contribution is 2.38. The minimum absolute atomic E-state index is 0.581. The zero-order valence-corrected chi connectivity index (χ0v) is 14.4. The second-order valence-electron chi connectivity index (χ2n) is 6.47. The van der Waals surface area contributed by atoms with Gasteiger partial charge in [0.2, 0.25) is 0 Å². The van der Waals surface area contributed by atoms with Gasteiger partial charge in [0.1, 0.15) is 5.75 Å². The van der Waals surface area contributed by atoms with E-state index in [9.17, 15) is 9.70 Å². The summed E-state index contributed by atoms with van der Waals surface area (Å²) >= 11 is 0. The average molecular weight is 338 g/mol. The highest BCUT2D eigenvalue weighted by Gasteiger charge is 2.44. The summed E-state index contributed by atoms with van der Waals surface area (Å²) < 4.78 is 5.27. The number of likely N-dealkylation sites (tertiary alicyclic amines) is 1. The maximum absolute atomic E-state index is 12.4. The van der Waals surface area contributed by atoms with Gasteiger partial charge in [0.05, 0.1) is 12.5 Å². The first-order valence-corrected chi connectivity index (χ1v) is 8.46. The molecule has 1 heterocycles. The van der Waals surface area contributed by atoms with Crippen LogP contribution >= 0.6 is 0 Å². The molecule has 3 rings (SSSR count). The quantitative estimate of drug-likeness (QED) is 0.783. The highest BCUT2D eigenvalue weighted by atomic mass is 16.5. The molecule has 25 heavy (non-hydrogen) atoms. The fraction of sp³-hybridized carbons (Fsp3) is 0.350. The van der Waals surface area contributed by atoms with E-state index in [0.29, 0.717) is 18.6 Å². The van der Waals surface area contributed by atoms with Crippen molar-refractivity contribution in [1.82, 2.24) is 4.90 Å². The van der Waals surface area contributed by atoms with E-state index >= 15 is 0 Å². The van der Waals surface area contributed by atoms with E-state index in [2.05, 4.69) is 22.2 Å². The number of piperidine rings is 1. The number of amides is 1. The van der Waals surface area contributed by atoms with Crippen LogP contribution in [0.1, 0.15) is 24.0 Å². The molecular formula is C20H22N2O3. The maximum atomic E-state index is 12.4. The Bertz CT molecular complexity index is 738. The lowest BCUT2D eigenvalue weighted by atomic mass is 9.72. The van der Waals surface area contributed by atoms with Crippen LogP contribution in [-0.2, 0) is 16.8 Å². The topological polar surface area (TPSA) is 59.0 Å². The number of benzene rings is 2. The van der Waals surface area contributed by atoms with Crippen LogP contribution in [0.5, 0.6) is 5.75 Å². The van der Waals surface area contributed by atoms with Gasteiger partial charge >= 0.3 is 0 Å². The summed E-state index contributed by atoms with van der Waals surface area (Å²) in [5, 5.41) is 2.78. The van der Waals surface area contributed by atoms with Crippen molar-refractivity contribution in [2.24, 2.45) is 5.18 Å². The van der Waals surface area contributed by atoms with Crippen LogP contribution in [0, 0.1) is 4.91 Å². The number of hydrogen-bond acceptors (Lipinski definition) is 4. The molecule has 0 aromatic heterocycles. The van der Waals surface area contributed by atoms with Gasteiger partial charge in [-0.25, -0.2) is 0 Å². The van der Waals surface area contributed by atoms with Crippen molar-refractivity contribution < 1.29 is 9.53 Å². The Morgan fingerprint density at radius 3 is 2.48 bits per heavy atom. The van der Waals surface area contributed by atoms with Crippen molar-refractivity contribution in [1.29, 1.82) is 0 Å². The van der Waals surface area contributed by atoms with Crippen molar-refractivity contribution in [3.05, 3.63) is 70.6 Å². The molecule has 0 bridgehead atoms. The first-order chi connectivity index (χ1) is 12.2. The Labute approximate surface area is 147 Å². The minimum Gasteiger partial charge on any atom is -0.497 e.